The first-order valence-electron chi connectivity index (χ1n) is 17.9. The summed E-state index contributed by atoms with van der Waals surface area (Å²) in [6.45, 7) is 33.4. The molecular formula is C30H70O10Si5. The van der Waals surface area contributed by atoms with Gasteiger partial charge in [0.2, 0.25) is 0 Å². The number of hydrogen-bond donors (Lipinski definition) is 0. The van der Waals surface area contributed by atoms with Crippen LogP contribution in [0.3, 0.4) is 0 Å². The van der Waals surface area contributed by atoms with Crippen molar-refractivity contribution in [3.05, 3.63) is 0 Å². The molecule has 1 fully saturated rings. The van der Waals surface area contributed by atoms with E-state index >= 15 is 0 Å². The zero-order chi connectivity index (χ0) is 34.5. The van der Waals surface area contributed by atoms with Crippen LogP contribution >= 0.6 is 0 Å². The Balaban J connectivity index is 4.61. The minimum atomic E-state index is -3.69. The summed E-state index contributed by atoms with van der Waals surface area (Å²) in [6, 6.07) is 0. The van der Waals surface area contributed by atoms with Crippen LogP contribution in [0.1, 0.15) is 136 Å². The van der Waals surface area contributed by atoms with E-state index in [2.05, 4.69) is 69.2 Å². The van der Waals surface area contributed by atoms with E-state index in [0.717, 1.165) is 32.1 Å². The van der Waals surface area contributed by atoms with Crippen molar-refractivity contribution < 1.29 is 42.7 Å². The second-order valence-electron chi connectivity index (χ2n) is 12.2. The average Bonchev–Trinajstić information content (AvgIpc) is 3.02. The minimum absolute atomic E-state index is 0.0868. The molecular weight excluding hydrogens is 661 g/mol. The van der Waals surface area contributed by atoms with Crippen LogP contribution in [-0.4, -0.2) is 77.1 Å². The Bertz CT molecular complexity index is 667. The molecule has 0 aromatic heterocycles. The lowest BCUT2D eigenvalue weighted by Crippen LogP contribution is -2.76. The lowest BCUT2D eigenvalue weighted by molar-refractivity contribution is 0.00421. The van der Waals surface area contributed by atoms with Crippen LogP contribution in [-0.2, 0) is 42.7 Å². The first kappa shape index (κ1) is 43.7. The van der Waals surface area contributed by atoms with Gasteiger partial charge in [-0.25, -0.2) is 0 Å². The number of rotatable bonds is 20. The summed E-state index contributed by atoms with van der Waals surface area (Å²) in [5.41, 5.74) is -0.434. The Labute approximate surface area is 282 Å². The summed E-state index contributed by atoms with van der Waals surface area (Å²) in [6.07, 6.45) is 3.87. The van der Waals surface area contributed by atoms with Gasteiger partial charge in [-0.05, 0) is 66.7 Å². The highest BCUT2D eigenvalue weighted by atomic mass is 28.6. The smallest absolute Gasteiger partial charge is 0.374 e. The quantitative estimate of drug-likeness (QED) is 0.113. The summed E-state index contributed by atoms with van der Waals surface area (Å²) in [7, 11) is -18.4. The van der Waals surface area contributed by atoms with E-state index in [1.807, 2.05) is 34.6 Å². The number of hydrogen-bond acceptors (Lipinski definition) is 10. The normalized spacial score (nSPS) is 35.0. The van der Waals surface area contributed by atoms with Crippen molar-refractivity contribution in [1.82, 2.24) is 0 Å². The van der Waals surface area contributed by atoms with Crippen LogP contribution in [0.15, 0.2) is 0 Å². The van der Waals surface area contributed by atoms with Crippen LogP contribution < -0.4 is 0 Å². The Hall–Kier alpha value is 0.684. The Morgan fingerprint density at radius 2 is 0.444 bits per heavy atom. The van der Waals surface area contributed by atoms with Crippen LogP contribution in [0.5, 0.6) is 0 Å². The van der Waals surface area contributed by atoms with E-state index in [9.17, 15) is 0 Å². The predicted octanol–water partition coefficient (Wildman–Crippen LogP) is 8.96. The van der Waals surface area contributed by atoms with Gasteiger partial charge in [0.15, 0.2) is 0 Å². The summed E-state index contributed by atoms with van der Waals surface area (Å²) < 4.78 is 71.7. The monoisotopic (exact) mass is 730 g/mol. The molecule has 0 aromatic rings. The van der Waals surface area contributed by atoms with Gasteiger partial charge in [0.25, 0.3) is 0 Å². The molecule has 0 bridgehead atoms. The fourth-order valence-electron chi connectivity index (χ4n) is 5.36. The molecule has 0 spiro atoms. The summed E-state index contributed by atoms with van der Waals surface area (Å²) in [4.78, 5) is 0. The van der Waals surface area contributed by atoms with Gasteiger partial charge in [-0.15, -0.1) is 0 Å². The Morgan fingerprint density at radius 1 is 0.311 bits per heavy atom. The molecule has 15 heteroatoms. The standard InChI is InChI=1S/C30H70O10Si5/c1-16-26(11)41(31-21-6)36-42(32-22-7,27(12)17-2)38-44(34-24-9,29(14)19-4)40-45(35-25-10,30(15)20-5)39-43(37-41,33-23-8)28(13)18-3/h26-30H,16-25H2,1-15H3. The van der Waals surface area contributed by atoms with Gasteiger partial charge < -0.3 is 42.7 Å². The van der Waals surface area contributed by atoms with E-state index in [1.54, 1.807) is 0 Å². The molecule has 5 unspecified atom stereocenters. The molecule has 1 heterocycles. The second kappa shape index (κ2) is 19.8. The van der Waals surface area contributed by atoms with Crippen LogP contribution in [0.2, 0.25) is 27.7 Å². The van der Waals surface area contributed by atoms with Gasteiger partial charge in [-0.2, -0.15) is 0 Å². The highest BCUT2D eigenvalue weighted by Crippen LogP contribution is 2.49. The maximum absolute atomic E-state index is 7.51. The molecule has 1 rings (SSSR count). The molecule has 0 saturated carbocycles. The van der Waals surface area contributed by atoms with Crippen molar-refractivity contribution in [2.24, 2.45) is 0 Å². The molecule has 0 radical (unpaired) electrons. The Kier molecular flexibility index (Phi) is 19.2. The average molecular weight is 731 g/mol. The maximum Gasteiger partial charge on any atom is 0.489 e. The molecule has 0 amide bonds. The summed E-state index contributed by atoms with van der Waals surface area (Å²) in [5, 5.41) is 0. The van der Waals surface area contributed by atoms with Crippen LogP contribution in [0.25, 0.3) is 0 Å². The van der Waals surface area contributed by atoms with Crippen LogP contribution in [0, 0.1) is 0 Å². The molecule has 0 N–H and O–H groups in total. The molecule has 0 aromatic carbocycles. The van der Waals surface area contributed by atoms with Gasteiger partial charge in [0.05, 0.1) is 0 Å². The van der Waals surface area contributed by atoms with Gasteiger partial charge >= 0.3 is 44.0 Å². The van der Waals surface area contributed by atoms with E-state index in [0.29, 0.717) is 33.0 Å². The van der Waals surface area contributed by atoms with E-state index in [1.165, 1.54) is 0 Å². The largest absolute Gasteiger partial charge is 0.489 e. The highest BCUT2D eigenvalue weighted by molar-refractivity contribution is 6.90. The van der Waals surface area contributed by atoms with Gasteiger partial charge in [-0.1, -0.05) is 69.2 Å². The lowest BCUT2D eigenvalue weighted by atomic mass is 10.4. The van der Waals surface area contributed by atoms with Crippen molar-refractivity contribution in [2.45, 2.75) is 164 Å². The third-order valence-electron chi connectivity index (χ3n) is 9.23. The Morgan fingerprint density at radius 3 is 0.533 bits per heavy atom. The van der Waals surface area contributed by atoms with Gasteiger partial charge in [0.1, 0.15) is 0 Å². The van der Waals surface area contributed by atoms with Crippen LogP contribution in [0.4, 0.5) is 0 Å². The topological polar surface area (TPSA) is 92.3 Å². The predicted molar refractivity (Wildman–Crippen MR) is 191 cm³/mol. The maximum atomic E-state index is 7.51. The molecule has 270 valence electrons. The SMILES string of the molecule is CCO[Si]1(C(C)CC)O[Si](OCC)(C(C)CC)O[Si](OCC)(C(C)CC)O[Si](OCC)(C(C)CC)O[Si](OCC)(C(C)CC)O1. The molecule has 10 nitrogen and oxygen atoms in total. The fraction of sp³-hybridized carbons (Fsp3) is 1.00. The van der Waals surface area contributed by atoms with Gasteiger partial charge in [-0.3, -0.25) is 0 Å². The molecule has 1 aliphatic rings. The zero-order valence-electron chi connectivity index (χ0n) is 31.5. The zero-order valence-corrected chi connectivity index (χ0v) is 36.5. The third kappa shape index (κ3) is 9.90. The minimum Gasteiger partial charge on any atom is -0.374 e. The van der Waals surface area contributed by atoms with E-state index in [4.69, 9.17) is 42.7 Å². The molecule has 0 aliphatic carbocycles. The fourth-order valence-corrected chi connectivity index (χ4v) is 32.3. The van der Waals surface area contributed by atoms with Crippen molar-refractivity contribution in [2.75, 3.05) is 33.0 Å². The van der Waals surface area contributed by atoms with E-state index in [-0.39, 0.29) is 27.7 Å². The third-order valence-corrected chi connectivity index (χ3v) is 32.1. The second-order valence-corrected chi connectivity index (χ2v) is 28.7. The first-order valence-corrected chi connectivity index (χ1v) is 27.0. The highest BCUT2D eigenvalue weighted by Gasteiger charge is 2.72. The lowest BCUT2D eigenvalue weighted by Gasteiger charge is -2.54. The van der Waals surface area contributed by atoms with Crippen molar-refractivity contribution in [3.63, 3.8) is 0 Å². The summed E-state index contributed by atoms with van der Waals surface area (Å²) in [5.74, 6) is 0. The molecule has 45 heavy (non-hydrogen) atoms. The van der Waals surface area contributed by atoms with Gasteiger partial charge in [0, 0.05) is 60.7 Å². The summed E-state index contributed by atoms with van der Waals surface area (Å²) >= 11 is 0. The van der Waals surface area contributed by atoms with Crippen molar-refractivity contribution in [1.29, 1.82) is 0 Å². The van der Waals surface area contributed by atoms with E-state index < -0.39 is 44.0 Å². The van der Waals surface area contributed by atoms with Crippen molar-refractivity contribution >= 4 is 44.0 Å². The van der Waals surface area contributed by atoms with Crippen molar-refractivity contribution in [3.8, 4) is 0 Å². The molecule has 5 atom stereocenters. The first-order chi connectivity index (χ1) is 21.2. The molecule has 1 saturated heterocycles. The molecule has 1 aliphatic heterocycles.